The number of rotatable bonds is 5. The highest BCUT2D eigenvalue weighted by Gasteiger charge is 2.29. The quantitative estimate of drug-likeness (QED) is 0.747. The lowest BCUT2D eigenvalue weighted by atomic mass is 10.2. The van der Waals surface area contributed by atoms with E-state index >= 15 is 0 Å². The fourth-order valence-electron chi connectivity index (χ4n) is 3.81. The van der Waals surface area contributed by atoms with Crippen molar-refractivity contribution >= 4 is 17.7 Å². The number of carbonyl (C=O) groups is 2. The van der Waals surface area contributed by atoms with Crippen molar-refractivity contribution in [3.05, 3.63) is 24.3 Å². The lowest BCUT2D eigenvalue weighted by Gasteiger charge is -2.36. The summed E-state index contributed by atoms with van der Waals surface area (Å²) in [7, 11) is 1.70. The highest BCUT2D eigenvalue weighted by molar-refractivity contribution is 5.77. The standard InChI is InChI=1S/C20H30N4O4/c1-3-28-20(26)24-14-12-23(13-15-24)19(25)16-21-8-10-22(11-9-21)17-6-4-5-7-18(17)27-2/h4-7H,3,8-16H2,1-2H3/p+1. The Morgan fingerprint density at radius 2 is 1.64 bits per heavy atom. The Balaban J connectivity index is 1.44. The molecule has 0 atom stereocenters. The van der Waals surface area contributed by atoms with E-state index in [2.05, 4.69) is 11.0 Å². The van der Waals surface area contributed by atoms with E-state index in [1.807, 2.05) is 23.1 Å². The van der Waals surface area contributed by atoms with Gasteiger partial charge in [0.25, 0.3) is 5.91 Å². The second-order valence-electron chi connectivity index (χ2n) is 7.15. The van der Waals surface area contributed by atoms with Crippen LogP contribution < -0.4 is 14.5 Å². The summed E-state index contributed by atoms with van der Waals surface area (Å²) < 4.78 is 10.5. The molecule has 1 aromatic carbocycles. The molecule has 1 aromatic rings. The maximum absolute atomic E-state index is 12.7. The summed E-state index contributed by atoms with van der Waals surface area (Å²) in [5.74, 6) is 1.06. The number of para-hydroxylation sites is 2. The lowest BCUT2D eigenvalue weighted by Crippen LogP contribution is -3.16. The van der Waals surface area contributed by atoms with E-state index in [1.54, 1.807) is 18.9 Å². The van der Waals surface area contributed by atoms with Gasteiger partial charge in [-0.15, -0.1) is 0 Å². The normalized spacial score (nSPS) is 18.1. The van der Waals surface area contributed by atoms with Crippen molar-refractivity contribution in [2.45, 2.75) is 6.92 Å². The molecule has 154 valence electrons. The number of hydrogen-bond donors (Lipinski definition) is 1. The molecule has 8 heteroatoms. The summed E-state index contributed by atoms with van der Waals surface area (Å²) in [4.78, 5) is 31.6. The van der Waals surface area contributed by atoms with Gasteiger partial charge in [0, 0.05) is 26.2 Å². The van der Waals surface area contributed by atoms with Crippen LogP contribution in [0, 0.1) is 0 Å². The van der Waals surface area contributed by atoms with Crippen molar-refractivity contribution in [3.8, 4) is 5.75 Å². The monoisotopic (exact) mass is 391 g/mol. The molecule has 2 fully saturated rings. The van der Waals surface area contributed by atoms with Crippen LogP contribution >= 0.6 is 0 Å². The average molecular weight is 391 g/mol. The van der Waals surface area contributed by atoms with Gasteiger partial charge in [0.2, 0.25) is 0 Å². The molecule has 0 saturated carbocycles. The Bertz CT molecular complexity index is 668. The molecule has 0 radical (unpaired) electrons. The van der Waals surface area contributed by atoms with Gasteiger partial charge in [0.15, 0.2) is 6.54 Å². The predicted octanol–water partition coefficient (Wildman–Crippen LogP) is -0.299. The molecule has 0 spiro atoms. The van der Waals surface area contributed by atoms with E-state index in [0.29, 0.717) is 39.3 Å². The van der Waals surface area contributed by atoms with Crippen molar-refractivity contribution in [1.82, 2.24) is 9.80 Å². The van der Waals surface area contributed by atoms with Crippen molar-refractivity contribution < 1.29 is 24.0 Å². The van der Waals surface area contributed by atoms with Gasteiger partial charge >= 0.3 is 6.09 Å². The number of methoxy groups -OCH3 is 1. The first-order valence-electron chi connectivity index (χ1n) is 10.0. The number of hydrogen-bond acceptors (Lipinski definition) is 5. The number of carbonyl (C=O) groups excluding carboxylic acids is 2. The van der Waals surface area contributed by atoms with Crippen LogP contribution in [0.5, 0.6) is 5.75 Å². The smallest absolute Gasteiger partial charge is 0.409 e. The molecule has 3 rings (SSSR count). The zero-order valence-electron chi connectivity index (χ0n) is 16.9. The topological polar surface area (TPSA) is 66.8 Å². The summed E-state index contributed by atoms with van der Waals surface area (Å²) in [6.07, 6.45) is -0.285. The molecule has 1 N–H and O–H groups in total. The van der Waals surface area contributed by atoms with Crippen LogP contribution in [0.3, 0.4) is 0 Å². The Kier molecular flexibility index (Phi) is 6.97. The van der Waals surface area contributed by atoms with Gasteiger partial charge < -0.3 is 29.1 Å². The van der Waals surface area contributed by atoms with Gasteiger partial charge in [-0.05, 0) is 19.1 Å². The van der Waals surface area contributed by atoms with Crippen LogP contribution in [0.4, 0.5) is 10.5 Å². The van der Waals surface area contributed by atoms with Gasteiger partial charge in [-0.1, -0.05) is 12.1 Å². The summed E-state index contributed by atoms with van der Waals surface area (Å²) in [5.41, 5.74) is 1.12. The molecule has 2 heterocycles. The highest BCUT2D eigenvalue weighted by Crippen LogP contribution is 2.27. The zero-order valence-corrected chi connectivity index (χ0v) is 16.9. The third-order valence-electron chi connectivity index (χ3n) is 5.46. The average Bonchev–Trinajstić information content (AvgIpc) is 2.74. The van der Waals surface area contributed by atoms with E-state index in [1.165, 1.54) is 4.90 Å². The number of nitrogens with one attached hydrogen (secondary N) is 1. The molecule has 2 aliphatic rings. The first kappa shape index (κ1) is 20.3. The molecule has 2 amide bonds. The molecule has 28 heavy (non-hydrogen) atoms. The van der Waals surface area contributed by atoms with Gasteiger partial charge in [-0.3, -0.25) is 4.79 Å². The number of benzene rings is 1. The number of amides is 2. The zero-order chi connectivity index (χ0) is 19.9. The van der Waals surface area contributed by atoms with Crippen LogP contribution in [0.1, 0.15) is 6.92 Å². The summed E-state index contributed by atoms with van der Waals surface area (Å²) in [6.45, 7) is 8.59. The minimum atomic E-state index is -0.285. The largest absolute Gasteiger partial charge is 0.495 e. The summed E-state index contributed by atoms with van der Waals surface area (Å²) in [6, 6.07) is 8.06. The second-order valence-corrected chi connectivity index (χ2v) is 7.15. The molecule has 2 aliphatic heterocycles. The molecular formula is C20H31N4O4+. The maximum atomic E-state index is 12.7. The number of anilines is 1. The fourth-order valence-corrected chi connectivity index (χ4v) is 3.81. The van der Waals surface area contributed by atoms with E-state index < -0.39 is 0 Å². The van der Waals surface area contributed by atoms with E-state index in [0.717, 1.165) is 37.6 Å². The third kappa shape index (κ3) is 4.86. The van der Waals surface area contributed by atoms with Gasteiger partial charge in [-0.2, -0.15) is 0 Å². The van der Waals surface area contributed by atoms with Gasteiger partial charge in [-0.25, -0.2) is 4.79 Å². The summed E-state index contributed by atoms with van der Waals surface area (Å²) >= 11 is 0. The van der Waals surface area contributed by atoms with Crippen molar-refractivity contribution in [2.24, 2.45) is 0 Å². The van der Waals surface area contributed by atoms with Crippen LogP contribution in [-0.4, -0.2) is 94.4 Å². The molecule has 0 unspecified atom stereocenters. The number of piperazine rings is 2. The highest BCUT2D eigenvalue weighted by atomic mass is 16.6. The van der Waals surface area contributed by atoms with E-state index in [-0.39, 0.29) is 12.0 Å². The second kappa shape index (κ2) is 9.64. The van der Waals surface area contributed by atoms with Crippen LogP contribution in [-0.2, 0) is 9.53 Å². The summed E-state index contributed by atoms with van der Waals surface area (Å²) in [5, 5.41) is 0. The SMILES string of the molecule is CCOC(=O)N1CCN(C(=O)C[NH+]2CCN(c3ccccc3OC)CC2)CC1. The van der Waals surface area contributed by atoms with Crippen molar-refractivity contribution in [2.75, 3.05) is 77.5 Å². The lowest BCUT2D eigenvalue weighted by molar-refractivity contribution is -0.892. The Labute approximate surface area is 166 Å². The van der Waals surface area contributed by atoms with Gasteiger partial charge in [0.05, 0.1) is 45.6 Å². The Hall–Kier alpha value is -2.48. The van der Waals surface area contributed by atoms with E-state index in [9.17, 15) is 9.59 Å². The first-order chi connectivity index (χ1) is 13.6. The van der Waals surface area contributed by atoms with E-state index in [4.69, 9.17) is 9.47 Å². The fraction of sp³-hybridized carbons (Fsp3) is 0.600. The molecular weight excluding hydrogens is 360 g/mol. The predicted molar refractivity (Wildman–Crippen MR) is 106 cm³/mol. The molecule has 0 bridgehead atoms. The van der Waals surface area contributed by atoms with Crippen molar-refractivity contribution in [1.29, 1.82) is 0 Å². The molecule has 0 aliphatic carbocycles. The number of nitrogens with zero attached hydrogens (tertiary/aromatic N) is 3. The maximum Gasteiger partial charge on any atom is 0.409 e. The third-order valence-corrected chi connectivity index (χ3v) is 5.46. The molecule has 8 nitrogen and oxygen atoms in total. The number of quaternary nitrogens is 1. The minimum absolute atomic E-state index is 0.171. The molecule has 0 aromatic heterocycles. The van der Waals surface area contributed by atoms with Crippen LogP contribution in [0.15, 0.2) is 24.3 Å². The van der Waals surface area contributed by atoms with Gasteiger partial charge in [0.1, 0.15) is 5.75 Å². The number of ether oxygens (including phenoxy) is 2. The minimum Gasteiger partial charge on any atom is -0.495 e. The Morgan fingerprint density at radius 3 is 2.29 bits per heavy atom. The Morgan fingerprint density at radius 1 is 1.00 bits per heavy atom. The molecule has 2 saturated heterocycles. The van der Waals surface area contributed by atoms with Crippen molar-refractivity contribution in [3.63, 3.8) is 0 Å². The first-order valence-corrected chi connectivity index (χ1v) is 10.0. The van der Waals surface area contributed by atoms with Crippen LogP contribution in [0.25, 0.3) is 0 Å². The van der Waals surface area contributed by atoms with Crippen LogP contribution in [0.2, 0.25) is 0 Å².